The zero-order valence-corrected chi connectivity index (χ0v) is 11.7. The lowest BCUT2D eigenvalue weighted by Crippen LogP contribution is -2.23. The molecule has 0 aliphatic carbocycles. The van der Waals surface area contributed by atoms with Gasteiger partial charge in [0.25, 0.3) is 11.6 Å². The summed E-state index contributed by atoms with van der Waals surface area (Å²) in [5.74, 6) is -0.119. The summed E-state index contributed by atoms with van der Waals surface area (Å²) in [7, 11) is 1.52. The molecule has 1 amide bonds. The highest BCUT2D eigenvalue weighted by Gasteiger charge is 2.09. The van der Waals surface area contributed by atoms with Gasteiger partial charge in [-0.15, -0.1) is 5.75 Å². The minimum atomic E-state index is -0.589. The molecule has 0 radical (unpaired) electrons. The fourth-order valence-corrected chi connectivity index (χ4v) is 1.84. The van der Waals surface area contributed by atoms with Crippen molar-refractivity contribution in [2.75, 3.05) is 7.11 Å². The topological polar surface area (TPSA) is 105 Å². The number of carbonyl (C=O) groups is 1. The highest BCUT2D eigenvalue weighted by Crippen LogP contribution is 2.20. The van der Waals surface area contributed by atoms with Crippen LogP contribution >= 0.6 is 0 Å². The van der Waals surface area contributed by atoms with Gasteiger partial charge in [0.05, 0.1) is 12.0 Å². The fourth-order valence-electron chi connectivity index (χ4n) is 1.84. The van der Waals surface area contributed by atoms with E-state index in [2.05, 4.69) is 5.32 Å². The third-order valence-corrected chi connectivity index (χ3v) is 3.05. The van der Waals surface area contributed by atoms with Crippen LogP contribution in [0, 0.1) is 10.1 Å². The molecule has 0 aliphatic heterocycles. The molecule has 2 aromatic carbocycles. The normalized spacial score (nSPS) is 10.0. The number of ether oxygens (including phenoxy) is 1. The van der Waals surface area contributed by atoms with E-state index in [4.69, 9.17) is 4.74 Å². The van der Waals surface area contributed by atoms with Crippen molar-refractivity contribution in [2.45, 2.75) is 6.54 Å². The van der Waals surface area contributed by atoms with Crippen molar-refractivity contribution in [2.24, 2.45) is 0 Å². The zero-order valence-electron chi connectivity index (χ0n) is 11.7. The highest BCUT2D eigenvalue weighted by atomic mass is 16.6. The van der Waals surface area contributed by atoms with Gasteiger partial charge in [-0.2, -0.15) is 0 Å². The van der Waals surface area contributed by atoms with Gasteiger partial charge in [0, 0.05) is 24.2 Å². The van der Waals surface area contributed by atoms with Crippen LogP contribution in [0.4, 0.5) is 5.69 Å². The Bertz CT molecular complexity index is 698. The van der Waals surface area contributed by atoms with Gasteiger partial charge in [-0.3, -0.25) is 14.9 Å². The van der Waals surface area contributed by atoms with Crippen LogP contribution in [0.15, 0.2) is 42.5 Å². The molecule has 114 valence electrons. The molecule has 0 unspecified atom stereocenters. The van der Waals surface area contributed by atoms with Crippen molar-refractivity contribution in [3.8, 4) is 11.5 Å². The smallest absolute Gasteiger partial charge is 0.269 e. The van der Waals surface area contributed by atoms with Crippen LogP contribution < -0.4 is 15.2 Å². The molecule has 22 heavy (non-hydrogen) atoms. The number of nitrogens with one attached hydrogen (secondary N) is 1. The molecule has 7 heteroatoms. The van der Waals surface area contributed by atoms with E-state index in [1.54, 1.807) is 24.3 Å². The van der Waals surface area contributed by atoms with Crippen LogP contribution in [0.25, 0.3) is 0 Å². The number of benzene rings is 2. The quantitative estimate of drug-likeness (QED) is 0.667. The molecule has 2 aromatic rings. The molecule has 0 heterocycles. The number of nitro groups is 1. The van der Waals surface area contributed by atoms with Crippen molar-refractivity contribution in [1.82, 2.24) is 5.32 Å². The summed E-state index contributed by atoms with van der Waals surface area (Å²) in [6.45, 7) is -0.0780. The van der Waals surface area contributed by atoms with Gasteiger partial charge in [-0.05, 0) is 29.8 Å². The summed E-state index contributed by atoms with van der Waals surface area (Å²) in [6.07, 6.45) is 0. The second-order valence-corrected chi connectivity index (χ2v) is 4.46. The fraction of sp³-hybridized carbons (Fsp3) is 0.133. The van der Waals surface area contributed by atoms with Crippen molar-refractivity contribution in [3.63, 3.8) is 0 Å². The van der Waals surface area contributed by atoms with Crippen molar-refractivity contribution in [3.05, 3.63) is 63.7 Å². The maximum absolute atomic E-state index is 12.0. The maximum Gasteiger partial charge on any atom is 0.269 e. The van der Waals surface area contributed by atoms with Crippen LogP contribution in [-0.4, -0.2) is 17.9 Å². The third-order valence-electron chi connectivity index (χ3n) is 3.05. The maximum atomic E-state index is 12.0. The SMILES string of the molecule is COc1ccc(C(=O)NCc2cc([N+](=O)[O-])ccc2[O-])cc1. The van der Waals surface area contributed by atoms with E-state index in [-0.39, 0.29) is 29.5 Å². The van der Waals surface area contributed by atoms with Gasteiger partial charge < -0.3 is 15.2 Å². The molecular formula is C15H13N2O5-. The average Bonchev–Trinajstić information content (AvgIpc) is 2.53. The van der Waals surface area contributed by atoms with Gasteiger partial charge in [-0.1, -0.05) is 6.07 Å². The molecule has 0 spiro atoms. The summed E-state index contributed by atoms with van der Waals surface area (Å²) >= 11 is 0. The molecule has 0 saturated heterocycles. The minimum Gasteiger partial charge on any atom is -0.872 e. The summed E-state index contributed by atoms with van der Waals surface area (Å²) in [5, 5.41) is 24.9. The van der Waals surface area contributed by atoms with Crippen LogP contribution in [0.1, 0.15) is 15.9 Å². The number of nitrogens with zero attached hydrogens (tertiary/aromatic N) is 1. The van der Waals surface area contributed by atoms with E-state index >= 15 is 0 Å². The predicted molar refractivity (Wildman–Crippen MR) is 76.7 cm³/mol. The number of non-ortho nitro benzene ring substituents is 1. The lowest BCUT2D eigenvalue weighted by molar-refractivity contribution is -0.385. The molecule has 7 nitrogen and oxygen atoms in total. The molecule has 0 atom stereocenters. The minimum absolute atomic E-state index is 0.0780. The summed E-state index contributed by atoms with van der Waals surface area (Å²) < 4.78 is 4.99. The largest absolute Gasteiger partial charge is 0.872 e. The molecule has 2 rings (SSSR count). The van der Waals surface area contributed by atoms with Gasteiger partial charge in [0.15, 0.2) is 0 Å². The Hall–Kier alpha value is -3.09. The first-order chi connectivity index (χ1) is 10.5. The number of hydrogen-bond donors (Lipinski definition) is 1. The summed E-state index contributed by atoms with van der Waals surface area (Å²) in [5.41, 5.74) is 0.378. The Morgan fingerprint density at radius 2 is 1.91 bits per heavy atom. The Morgan fingerprint density at radius 3 is 2.50 bits per heavy atom. The number of nitro benzene ring substituents is 1. The number of hydrogen-bond acceptors (Lipinski definition) is 5. The molecule has 1 N–H and O–H groups in total. The predicted octanol–water partition coefficient (Wildman–Crippen LogP) is 1.61. The van der Waals surface area contributed by atoms with Crippen molar-refractivity contribution >= 4 is 11.6 Å². The van der Waals surface area contributed by atoms with Crippen LogP contribution in [0.5, 0.6) is 11.5 Å². The van der Waals surface area contributed by atoms with E-state index in [0.717, 1.165) is 18.2 Å². The molecule has 0 bridgehead atoms. The van der Waals surface area contributed by atoms with E-state index in [1.807, 2.05) is 0 Å². The molecule has 0 aromatic heterocycles. The first-order valence-electron chi connectivity index (χ1n) is 6.38. The Balaban J connectivity index is 2.07. The van der Waals surface area contributed by atoms with Gasteiger partial charge in [0.1, 0.15) is 5.75 Å². The van der Waals surface area contributed by atoms with Crippen LogP contribution in [0.3, 0.4) is 0 Å². The molecule has 0 aliphatic rings. The molecular weight excluding hydrogens is 288 g/mol. The third kappa shape index (κ3) is 3.51. The van der Waals surface area contributed by atoms with E-state index in [0.29, 0.717) is 11.3 Å². The summed E-state index contributed by atoms with van der Waals surface area (Å²) in [6, 6.07) is 9.86. The van der Waals surface area contributed by atoms with Crippen LogP contribution in [0.2, 0.25) is 0 Å². The Morgan fingerprint density at radius 1 is 1.23 bits per heavy atom. The van der Waals surface area contributed by atoms with Crippen molar-refractivity contribution in [1.29, 1.82) is 0 Å². The van der Waals surface area contributed by atoms with E-state index in [1.165, 1.54) is 7.11 Å². The lowest BCUT2D eigenvalue weighted by atomic mass is 10.1. The van der Waals surface area contributed by atoms with Gasteiger partial charge >= 0.3 is 0 Å². The zero-order chi connectivity index (χ0) is 16.1. The number of rotatable bonds is 5. The van der Waals surface area contributed by atoms with Crippen molar-refractivity contribution < 1.29 is 19.6 Å². The highest BCUT2D eigenvalue weighted by molar-refractivity contribution is 5.94. The Labute approximate surface area is 126 Å². The number of methoxy groups -OCH3 is 1. The lowest BCUT2D eigenvalue weighted by Gasteiger charge is -2.13. The monoisotopic (exact) mass is 301 g/mol. The van der Waals surface area contributed by atoms with Gasteiger partial charge in [-0.25, -0.2) is 0 Å². The van der Waals surface area contributed by atoms with E-state index in [9.17, 15) is 20.0 Å². The second-order valence-electron chi connectivity index (χ2n) is 4.46. The number of carbonyl (C=O) groups excluding carboxylic acids is 1. The standard InChI is InChI=1S/C15H14N2O5/c1-22-13-5-2-10(3-6-13)15(19)16-9-11-8-12(17(20)21)4-7-14(11)18/h2-8,18H,9H2,1H3,(H,16,19)/p-1. The van der Waals surface area contributed by atoms with Crippen LogP contribution in [-0.2, 0) is 6.54 Å². The van der Waals surface area contributed by atoms with Gasteiger partial charge in [0.2, 0.25) is 0 Å². The number of amides is 1. The first kappa shape index (κ1) is 15.3. The molecule has 0 saturated carbocycles. The second kappa shape index (κ2) is 6.57. The first-order valence-corrected chi connectivity index (χ1v) is 6.38. The molecule has 0 fully saturated rings. The Kier molecular flexibility index (Phi) is 4.57. The summed E-state index contributed by atoms with van der Waals surface area (Å²) in [4.78, 5) is 22.1. The van der Waals surface area contributed by atoms with E-state index < -0.39 is 4.92 Å². The average molecular weight is 301 g/mol.